The van der Waals surface area contributed by atoms with Gasteiger partial charge in [0.15, 0.2) is 11.5 Å². The number of aliphatic hydroxyl groups is 1. The van der Waals surface area contributed by atoms with Gasteiger partial charge in [0.1, 0.15) is 0 Å². The van der Waals surface area contributed by atoms with E-state index in [1.54, 1.807) is 0 Å². The second-order valence-electron chi connectivity index (χ2n) is 5.34. The highest BCUT2D eigenvalue weighted by atomic mass is 16.5. The SMILES string of the molecule is [2H]c1c(OC)c(OC)c([2H])c2c1C1N(C([2H])([2H])C2([2H])[2H])C([2H])([2H])C([2H])(C([2H])([2H])C(C)(C([2H])([2H])[2H])C([2H])([2H])[2H])C([2H])(O)C1([2H])[2H]. The van der Waals surface area contributed by atoms with Gasteiger partial charge in [0.2, 0.25) is 0 Å². The average Bonchev–Trinajstić information content (AvgIpc) is 2.82. The monoisotopic (exact) mass is 353 g/mol. The average molecular weight is 354 g/mol. The van der Waals surface area contributed by atoms with Crippen LogP contribution in [0.1, 0.15) is 78.0 Å². The summed E-state index contributed by atoms with van der Waals surface area (Å²) in [5, 5.41) is 11.6. The van der Waals surface area contributed by atoms with Gasteiger partial charge in [-0.25, -0.2) is 0 Å². The Morgan fingerprint density at radius 3 is 2.83 bits per heavy atom. The third-order valence-electron chi connectivity index (χ3n) is 3.32. The van der Waals surface area contributed by atoms with Gasteiger partial charge in [-0.3, -0.25) is 4.90 Å². The molecule has 3 unspecified atom stereocenters. The Hall–Kier alpha value is -1.26. The van der Waals surface area contributed by atoms with Crippen LogP contribution in [0.5, 0.6) is 11.5 Å². The van der Waals surface area contributed by atoms with Crippen LogP contribution in [0.15, 0.2) is 12.1 Å². The van der Waals surface area contributed by atoms with Crippen LogP contribution in [0.3, 0.4) is 0 Å². The minimum atomic E-state index is -4.59. The Morgan fingerprint density at radius 1 is 1.46 bits per heavy atom. The van der Waals surface area contributed by atoms with Crippen molar-refractivity contribution in [3.05, 3.63) is 23.2 Å². The molecule has 0 aliphatic carbocycles. The second-order valence-corrected chi connectivity index (χ2v) is 5.34. The first-order chi connectivity index (χ1) is 19.2. The molecule has 0 saturated carbocycles. The molecule has 4 heteroatoms. The Bertz CT molecular complexity index is 1340. The highest BCUT2D eigenvalue weighted by Crippen LogP contribution is 2.44. The van der Waals surface area contributed by atoms with E-state index >= 15 is 0 Å². The van der Waals surface area contributed by atoms with Crippen molar-refractivity contribution in [3.8, 4) is 11.5 Å². The number of hydrogen-bond donors (Lipinski definition) is 1. The molecular formula is C20H31NO3. The van der Waals surface area contributed by atoms with Crippen molar-refractivity contribution in [1.82, 2.24) is 4.90 Å². The molecule has 1 aromatic rings. The molecule has 24 heavy (non-hydrogen) atoms. The minimum absolute atomic E-state index is 0.280. The number of fused-ring (bicyclic) bond motifs is 3. The Labute approximate surface area is 173 Å². The molecule has 1 N–H and O–H groups in total. The van der Waals surface area contributed by atoms with E-state index in [1.165, 1.54) is 0 Å². The maximum atomic E-state index is 11.6. The number of piperidine rings is 1. The summed E-state index contributed by atoms with van der Waals surface area (Å²) in [5.74, 6) is -5.81. The highest BCUT2D eigenvalue weighted by molar-refractivity contribution is 5.49. The maximum absolute atomic E-state index is 11.6. The van der Waals surface area contributed by atoms with Crippen molar-refractivity contribution in [2.75, 3.05) is 27.2 Å². The Morgan fingerprint density at radius 2 is 2.17 bits per heavy atom. The Balaban J connectivity index is 2.67. The number of hydrogen-bond acceptors (Lipinski definition) is 4. The highest BCUT2D eigenvalue weighted by Gasteiger charge is 2.39. The summed E-state index contributed by atoms with van der Waals surface area (Å²) in [6.07, 6.45) is -16.6. The maximum Gasteiger partial charge on any atom is 0.161 e. The van der Waals surface area contributed by atoms with E-state index in [-0.39, 0.29) is 11.8 Å². The smallest absolute Gasteiger partial charge is 0.161 e. The van der Waals surface area contributed by atoms with E-state index < -0.39 is 104 Å². The molecule has 2 heterocycles. The van der Waals surface area contributed by atoms with Gasteiger partial charge in [-0.1, -0.05) is 20.6 Å². The lowest BCUT2D eigenvalue weighted by atomic mass is 9.75. The van der Waals surface area contributed by atoms with E-state index in [9.17, 15) is 5.11 Å². The van der Waals surface area contributed by atoms with Gasteiger partial charge in [-0.15, -0.1) is 0 Å². The molecule has 4 nitrogen and oxygen atoms in total. The first-order valence-electron chi connectivity index (χ1n) is 17.0. The van der Waals surface area contributed by atoms with Crippen LogP contribution in [0.2, 0.25) is 0 Å². The van der Waals surface area contributed by atoms with Gasteiger partial charge in [0, 0.05) is 42.3 Å². The predicted octanol–water partition coefficient (Wildman–Crippen LogP) is 3.42. The lowest BCUT2D eigenvalue weighted by Crippen LogP contribution is -2.48. The molecule has 3 atom stereocenters. The van der Waals surface area contributed by atoms with Crippen LogP contribution in [-0.4, -0.2) is 43.3 Å². The molecule has 0 amide bonds. The van der Waals surface area contributed by atoms with Crippen LogP contribution in [-0.2, 0) is 6.37 Å². The minimum Gasteiger partial charge on any atom is -0.493 e. The quantitative estimate of drug-likeness (QED) is 0.904. The zero-order chi connectivity index (χ0) is 35.0. The molecule has 0 spiro atoms. The van der Waals surface area contributed by atoms with Crippen LogP contribution in [0, 0.1) is 11.3 Å². The van der Waals surface area contributed by atoms with E-state index in [1.807, 2.05) is 0 Å². The number of methoxy groups -OCH3 is 2. The summed E-state index contributed by atoms with van der Waals surface area (Å²) in [5.41, 5.74) is -5.90. The zero-order valence-corrected chi connectivity index (χ0v) is 13.3. The van der Waals surface area contributed by atoms with Crippen molar-refractivity contribution in [1.29, 1.82) is 0 Å². The van der Waals surface area contributed by atoms with E-state index in [0.717, 1.165) is 14.2 Å². The third-order valence-corrected chi connectivity index (χ3v) is 3.32. The fraction of sp³-hybridized carbons (Fsp3) is 0.700. The van der Waals surface area contributed by atoms with Gasteiger partial charge >= 0.3 is 0 Å². The lowest BCUT2D eigenvalue weighted by molar-refractivity contribution is -0.0259. The topological polar surface area (TPSA) is 41.9 Å². The van der Waals surface area contributed by atoms with Crippen LogP contribution < -0.4 is 9.47 Å². The van der Waals surface area contributed by atoms with Crippen molar-refractivity contribution in [2.24, 2.45) is 11.3 Å². The van der Waals surface area contributed by atoms with Crippen LogP contribution in [0.25, 0.3) is 0 Å². The Kier molecular flexibility index (Phi) is 1.47. The molecule has 1 fully saturated rings. The van der Waals surface area contributed by atoms with Gasteiger partial charge in [-0.2, -0.15) is 0 Å². The van der Waals surface area contributed by atoms with E-state index in [2.05, 4.69) is 0 Å². The standard InChI is InChI=1S/C20H31NO3/c1-20(2,3)11-14-12-21-7-6-13-8-18(23-4)19(24-5)9-15(13)16(21)10-17(14)22/h8-9,14,16-17,22H,6-7,10-12H2,1-5H3/i1D3,2D3,6D2,7D2,8D,9D,10D2,11D2,12D2,14D,17D. The molecule has 134 valence electrons. The van der Waals surface area contributed by atoms with Gasteiger partial charge in [-0.05, 0) is 53.6 Å². The molecule has 2 aliphatic rings. The van der Waals surface area contributed by atoms with Gasteiger partial charge in [0.05, 0.1) is 24.4 Å². The predicted molar refractivity (Wildman–Crippen MR) is 95.7 cm³/mol. The first kappa shape index (κ1) is 5.37. The van der Waals surface area contributed by atoms with E-state index in [4.69, 9.17) is 36.9 Å². The van der Waals surface area contributed by atoms with Crippen molar-refractivity contribution >= 4 is 0 Å². The lowest BCUT2D eigenvalue weighted by Gasteiger charge is -2.47. The zero-order valence-electron chi connectivity index (χ0n) is 33.3. The summed E-state index contributed by atoms with van der Waals surface area (Å²) >= 11 is 0. The second kappa shape index (κ2) is 6.57. The largest absolute Gasteiger partial charge is 0.493 e. The fourth-order valence-electron chi connectivity index (χ4n) is 2.32. The first-order valence-corrected chi connectivity index (χ1v) is 6.98. The summed E-state index contributed by atoms with van der Waals surface area (Å²) in [4.78, 5) is -0.362. The molecule has 2 aliphatic heterocycles. The molecule has 1 aromatic carbocycles. The summed E-state index contributed by atoms with van der Waals surface area (Å²) in [7, 11) is 1.99. The third kappa shape index (κ3) is 3.40. The molecule has 0 bridgehead atoms. The molecule has 3 rings (SSSR count). The molecular weight excluding hydrogens is 302 g/mol. The number of rotatable bonds is 3. The number of ether oxygens (including phenoxy) is 2. The molecule has 0 aromatic heterocycles. The fourth-order valence-corrected chi connectivity index (χ4v) is 2.32. The molecule has 0 radical (unpaired) electrons. The van der Waals surface area contributed by atoms with Gasteiger partial charge < -0.3 is 14.6 Å². The van der Waals surface area contributed by atoms with Crippen molar-refractivity contribution in [3.63, 3.8) is 0 Å². The van der Waals surface area contributed by atoms with Gasteiger partial charge in [0.25, 0.3) is 0 Å². The van der Waals surface area contributed by atoms with Crippen LogP contribution >= 0.6 is 0 Å². The normalized spacial score (nSPS) is 55.8. The summed E-state index contributed by atoms with van der Waals surface area (Å²) < 4.78 is 181. The van der Waals surface area contributed by atoms with E-state index in [0.29, 0.717) is 0 Å². The number of benzene rings is 1. The van der Waals surface area contributed by atoms with Crippen LogP contribution in [0.4, 0.5) is 0 Å². The number of nitrogens with zero attached hydrogens (tertiary/aromatic N) is 1. The van der Waals surface area contributed by atoms with Crippen molar-refractivity contribution in [2.45, 2.75) is 51.9 Å². The summed E-state index contributed by atoms with van der Waals surface area (Å²) in [6, 6.07) is -4.74. The summed E-state index contributed by atoms with van der Waals surface area (Å²) in [6.45, 7) is -15.9. The van der Waals surface area contributed by atoms with Crippen molar-refractivity contribution < 1.29 is 42.0 Å². The molecule has 1 saturated heterocycles.